The van der Waals surface area contributed by atoms with Crippen molar-refractivity contribution in [3.63, 3.8) is 0 Å². The molecule has 0 aliphatic rings. The number of nitrogens with one attached hydrogen (secondary N) is 2. The molecule has 0 atom stereocenters. The van der Waals surface area contributed by atoms with Crippen molar-refractivity contribution in [2.75, 3.05) is 16.3 Å². The second kappa shape index (κ2) is 6.85. The summed E-state index contributed by atoms with van der Waals surface area (Å²) in [4.78, 5) is 22.7. The van der Waals surface area contributed by atoms with E-state index in [-0.39, 0.29) is 28.2 Å². The van der Waals surface area contributed by atoms with Gasteiger partial charge < -0.3 is 5.32 Å². The van der Waals surface area contributed by atoms with Crippen LogP contribution in [0.25, 0.3) is 0 Å². The van der Waals surface area contributed by atoms with Crippen molar-refractivity contribution in [1.82, 2.24) is 0 Å². The minimum absolute atomic E-state index is 0.0798. The quantitative estimate of drug-likeness (QED) is 0.622. The van der Waals surface area contributed by atoms with E-state index in [1.165, 1.54) is 31.2 Å². The molecular formula is C15H14FN3O5S. The fraction of sp³-hybridized carbons (Fsp3) is 0.133. The molecule has 0 saturated heterocycles. The summed E-state index contributed by atoms with van der Waals surface area (Å²) < 4.78 is 38.1. The van der Waals surface area contributed by atoms with E-state index in [0.29, 0.717) is 0 Å². The van der Waals surface area contributed by atoms with Crippen LogP contribution >= 0.6 is 0 Å². The lowest BCUT2D eigenvalue weighted by Gasteiger charge is -2.10. The number of sulfonamides is 1. The summed E-state index contributed by atoms with van der Waals surface area (Å²) in [6.07, 6.45) is 0.865. The normalized spacial score (nSPS) is 11.0. The average Bonchev–Trinajstić information content (AvgIpc) is 2.49. The Morgan fingerprint density at radius 1 is 1.24 bits per heavy atom. The summed E-state index contributed by atoms with van der Waals surface area (Å²) in [7, 11) is -3.70. The number of carbonyl (C=O) groups is 1. The van der Waals surface area contributed by atoms with Crippen LogP contribution in [0.2, 0.25) is 0 Å². The maximum Gasteiger partial charge on any atom is 0.273 e. The van der Waals surface area contributed by atoms with Crippen LogP contribution in [-0.4, -0.2) is 25.5 Å². The molecule has 0 aliphatic carbocycles. The van der Waals surface area contributed by atoms with Gasteiger partial charge >= 0.3 is 0 Å². The predicted octanol–water partition coefficient (Wildman–Crippen LogP) is 2.67. The van der Waals surface area contributed by atoms with Gasteiger partial charge in [0.15, 0.2) is 0 Å². The number of anilines is 2. The summed E-state index contributed by atoms with van der Waals surface area (Å²) in [5, 5.41) is 13.4. The first-order valence-corrected chi connectivity index (χ1v) is 8.80. The third kappa shape index (κ3) is 4.51. The molecule has 132 valence electrons. The van der Waals surface area contributed by atoms with Crippen molar-refractivity contribution < 1.29 is 22.5 Å². The molecule has 0 bridgehead atoms. The molecule has 0 aromatic heterocycles. The first kappa shape index (κ1) is 18.3. The van der Waals surface area contributed by atoms with Crippen LogP contribution in [0.1, 0.15) is 15.9 Å². The van der Waals surface area contributed by atoms with E-state index in [1.54, 1.807) is 0 Å². The van der Waals surface area contributed by atoms with Gasteiger partial charge in [-0.15, -0.1) is 0 Å². The summed E-state index contributed by atoms with van der Waals surface area (Å²) in [5.41, 5.74) is -0.136. The number of nitro benzene ring substituents is 1. The molecule has 2 rings (SSSR count). The maximum atomic E-state index is 13.7. The Morgan fingerprint density at radius 2 is 1.92 bits per heavy atom. The number of rotatable bonds is 5. The minimum Gasteiger partial charge on any atom is -0.322 e. The van der Waals surface area contributed by atoms with Crippen LogP contribution < -0.4 is 10.0 Å². The van der Waals surface area contributed by atoms with Crippen molar-refractivity contribution in [2.45, 2.75) is 6.92 Å². The Kier molecular flexibility index (Phi) is 5.02. The van der Waals surface area contributed by atoms with Crippen molar-refractivity contribution in [1.29, 1.82) is 0 Å². The summed E-state index contributed by atoms with van der Waals surface area (Å²) >= 11 is 0. The second-order valence-corrected chi connectivity index (χ2v) is 6.98. The lowest BCUT2D eigenvalue weighted by Crippen LogP contribution is -2.15. The number of nitrogens with zero attached hydrogens (tertiary/aromatic N) is 1. The first-order chi connectivity index (χ1) is 11.6. The Morgan fingerprint density at radius 3 is 2.52 bits per heavy atom. The van der Waals surface area contributed by atoms with E-state index in [1.807, 2.05) is 4.72 Å². The number of benzene rings is 2. The smallest absolute Gasteiger partial charge is 0.273 e. The van der Waals surface area contributed by atoms with Gasteiger partial charge in [-0.3, -0.25) is 19.6 Å². The van der Waals surface area contributed by atoms with E-state index < -0.39 is 26.7 Å². The molecule has 0 aliphatic heterocycles. The van der Waals surface area contributed by atoms with Gasteiger partial charge in [-0.1, -0.05) is 6.07 Å². The largest absolute Gasteiger partial charge is 0.322 e. The molecule has 0 saturated carbocycles. The molecule has 2 N–H and O–H groups in total. The van der Waals surface area contributed by atoms with Crippen LogP contribution in [0.15, 0.2) is 36.4 Å². The number of hydrogen-bond donors (Lipinski definition) is 2. The van der Waals surface area contributed by atoms with Crippen LogP contribution in [-0.2, 0) is 10.0 Å². The molecule has 2 aromatic rings. The molecule has 1 amide bonds. The van der Waals surface area contributed by atoms with E-state index in [2.05, 4.69) is 5.32 Å². The van der Waals surface area contributed by atoms with Gasteiger partial charge in [0.1, 0.15) is 5.82 Å². The summed E-state index contributed by atoms with van der Waals surface area (Å²) in [6, 6.07) is 7.41. The zero-order valence-electron chi connectivity index (χ0n) is 13.2. The molecule has 10 heteroatoms. The highest BCUT2D eigenvalue weighted by atomic mass is 32.2. The zero-order valence-corrected chi connectivity index (χ0v) is 14.1. The highest BCUT2D eigenvalue weighted by molar-refractivity contribution is 7.92. The lowest BCUT2D eigenvalue weighted by atomic mass is 10.1. The average molecular weight is 367 g/mol. The lowest BCUT2D eigenvalue weighted by molar-refractivity contribution is -0.385. The van der Waals surface area contributed by atoms with Crippen molar-refractivity contribution >= 4 is 33.0 Å². The monoisotopic (exact) mass is 367 g/mol. The summed E-state index contributed by atoms with van der Waals surface area (Å²) in [6.45, 7) is 1.44. The van der Waals surface area contributed by atoms with Gasteiger partial charge in [-0.2, -0.15) is 0 Å². The molecule has 0 spiro atoms. The van der Waals surface area contributed by atoms with Crippen LogP contribution in [0.4, 0.5) is 21.5 Å². The van der Waals surface area contributed by atoms with E-state index >= 15 is 0 Å². The maximum absolute atomic E-state index is 13.7. The number of nitro groups is 1. The van der Waals surface area contributed by atoms with Gasteiger partial charge in [0.25, 0.3) is 11.6 Å². The molecule has 0 unspecified atom stereocenters. The van der Waals surface area contributed by atoms with E-state index in [9.17, 15) is 27.7 Å². The molecule has 0 radical (unpaired) electrons. The van der Waals surface area contributed by atoms with E-state index in [4.69, 9.17) is 0 Å². The molecular weight excluding hydrogens is 353 g/mol. The van der Waals surface area contributed by atoms with Crippen LogP contribution in [0.3, 0.4) is 0 Å². The Bertz CT molecular complexity index is 960. The molecule has 8 nitrogen and oxygen atoms in total. The molecule has 0 heterocycles. The van der Waals surface area contributed by atoms with Gasteiger partial charge in [0.2, 0.25) is 10.0 Å². The topological polar surface area (TPSA) is 118 Å². The van der Waals surface area contributed by atoms with Crippen molar-refractivity contribution in [3.05, 3.63) is 63.5 Å². The molecule has 2 aromatic carbocycles. The van der Waals surface area contributed by atoms with Crippen molar-refractivity contribution in [3.8, 4) is 0 Å². The minimum atomic E-state index is -3.70. The first-order valence-electron chi connectivity index (χ1n) is 6.91. The third-order valence-corrected chi connectivity index (χ3v) is 3.86. The number of halogens is 1. The summed E-state index contributed by atoms with van der Waals surface area (Å²) in [5.74, 6) is -1.45. The number of carbonyl (C=O) groups excluding carboxylic acids is 1. The van der Waals surface area contributed by atoms with Gasteiger partial charge in [0.05, 0.1) is 16.9 Å². The van der Waals surface area contributed by atoms with Crippen LogP contribution in [0.5, 0.6) is 0 Å². The fourth-order valence-electron chi connectivity index (χ4n) is 2.15. The van der Waals surface area contributed by atoms with Crippen molar-refractivity contribution in [2.24, 2.45) is 0 Å². The fourth-order valence-corrected chi connectivity index (χ4v) is 2.70. The number of hydrogen-bond acceptors (Lipinski definition) is 5. The Hall–Kier alpha value is -3.01. The zero-order chi connectivity index (χ0) is 18.8. The van der Waals surface area contributed by atoms with Crippen LogP contribution in [0, 0.1) is 22.9 Å². The predicted molar refractivity (Wildman–Crippen MR) is 90.7 cm³/mol. The highest BCUT2D eigenvalue weighted by Crippen LogP contribution is 2.24. The van der Waals surface area contributed by atoms with Gasteiger partial charge in [-0.25, -0.2) is 12.8 Å². The Balaban J connectivity index is 2.31. The highest BCUT2D eigenvalue weighted by Gasteiger charge is 2.18. The standard InChI is InChI=1S/C15H14FN3O5S/c1-9-11(4-3-5-14(9)19(21)22)15(20)17-10-6-7-12(16)13(8-10)18-25(2,23)24/h3-8,18H,1-2H3,(H,17,20). The SMILES string of the molecule is Cc1c(C(=O)Nc2ccc(F)c(NS(C)(=O)=O)c2)cccc1[N+](=O)[O-]. The van der Waals surface area contributed by atoms with E-state index in [0.717, 1.165) is 18.4 Å². The molecule has 0 fully saturated rings. The molecule has 25 heavy (non-hydrogen) atoms. The Labute approximate surface area is 142 Å². The number of amides is 1. The van der Waals surface area contributed by atoms with Gasteiger partial charge in [-0.05, 0) is 31.2 Å². The second-order valence-electron chi connectivity index (χ2n) is 5.23. The third-order valence-electron chi connectivity index (χ3n) is 3.27. The van der Waals surface area contributed by atoms with Gasteiger partial charge in [0, 0.05) is 22.9 Å².